The van der Waals surface area contributed by atoms with Crippen molar-refractivity contribution in [3.05, 3.63) is 34.9 Å². The molecule has 0 aliphatic heterocycles. The summed E-state index contributed by atoms with van der Waals surface area (Å²) in [6.07, 6.45) is 1.71. The third-order valence-electron chi connectivity index (χ3n) is 3.88. The highest BCUT2D eigenvalue weighted by molar-refractivity contribution is 5.34. The van der Waals surface area contributed by atoms with E-state index in [0.717, 1.165) is 35.0 Å². The van der Waals surface area contributed by atoms with Gasteiger partial charge in [0.05, 0.1) is 30.7 Å². The van der Waals surface area contributed by atoms with Gasteiger partial charge in [-0.25, -0.2) is 4.68 Å². The Morgan fingerprint density at radius 1 is 1.48 bits per heavy atom. The van der Waals surface area contributed by atoms with Crippen LogP contribution < -0.4 is 10.5 Å². The Hall–Kier alpha value is -1.79. The second-order valence-electron chi connectivity index (χ2n) is 5.30. The number of hydrogen-bond donors (Lipinski definition) is 1. The van der Waals surface area contributed by atoms with Crippen LogP contribution in [0.4, 0.5) is 0 Å². The van der Waals surface area contributed by atoms with Crippen molar-refractivity contribution in [2.24, 2.45) is 12.8 Å². The molecule has 0 aliphatic carbocycles. The highest BCUT2D eigenvalue weighted by Gasteiger charge is 2.26. The summed E-state index contributed by atoms with van der Waals surface area (Å²) in [6.45, 7) is 5.21. The van der Waals surface area contributed by atoms with Crippen LogP contribution in [0.3, 0.4) is 0 Å². The van der Waals surface area contributed by atoms with Crippen molar-refractivity contribution in [2.75, 3.05) is 20.7 Å². The summed E-state index contributed by atoms with van der Waals surface area (Å²) in [6, 6.07) is 2.04. The van der Waals surface area contributed by atoms with E-state index in [4.69, 9.17) is 14.9 Å². The molecule has 2 N–H and O–H groups in total. The molecule has 0 bridgehead atoms. The van der Waals surface area contributed by atoms with Crippen LogP contribution in [0, 0.1) is 13.8 Å². The molecule has 6 nitrogen and oxygen atoms in total. The molecule has 0 aromatic carbocycles. The van der Waals surface area contributed by atoms with Crippen molar-refractivity contribution in [1.29, 1.82) is 0 Å². The van der Waals surface area contributed by atoms with Gasteiger partial charge in [-0.15, -0.1) is 0 Å². The van der Waals surface area contributed by atoms with Gasteiger partial charge in [0.25, 0.3) is 0 Å². The van der Waals surface area contributed by atoms with E-state index in [2.05, 4.69) is 17.0 Å². The van der Waals surface area contributed by atoms with Gasteiger partial charge < -0.3 is 14.9 Å². The first-order chi connectivity index (χ1) is 9.99. The van der Waals surface area contributed by atoms with E-state index < -0.39 is 0 Å². The Morgan fingerprint density at radius 2 is 2.19 bits per heavy atom. The molecular weight excluding hydrogens is 268 g/mol. The van der Waals surface area contributed by atoms with Crippen LogP contribution in [0.5, 0.6) is 5.88 Å². The van der Waals surface area contributed by atoms with Crippen molar-refractivity contribution >= 4 is 0 Å². The van der Waals surface area contributed by atoms with Crippen molar-refractivity contribution in [1.82, 2.24) is 14.7 Å². The molecule has 1 atom stereocenters. The standard InChI is InChI=1S/C15H24N4O2/c1-10-14(15(20-5)19(4)17-10)13(8-16)18(3)9-12-6-7-21-11(12)2/h6-7,13H,8-9,16H2,1-5H3. The predicted octanol–water partition coefficient (Wildman–Crippen LogP) is 1.77. The fraction of sp³-hybridized carbons (Fsp3) is 0.533. The number of furan rings is 1. The number of ether oxygens (including phenoxy) is 1. The number of hydrogen-bond acceptors (Lipinski definition) is 5. The zero-order valence-electron chi connectivity index (χ0n) is 13.4. The summed E-state index contributed by atoms with van der Waals surface area (Å²) in [5, 5.41) is 4.44. The molecule has 0 fully saturated rings. The van der Waals surface area contributed by atoms with Gasteiger partial charge in [0.1, 0.15) is 5.76 Å². The molecule has 0 radical (unpaired) electrons. The number of likely N-dealkylation sites (N-methyl/N-ethyl adjacent to an activating group) is 1. The zero-order valence-corrected chi connectivity index (χ0v) is 13.4. The molecule has 2 rings (SSSR count). The van der Waals surface area contributed by atoms with Gasteiger partial charge in [0.2, 0.25) is 5.88 Å². The Kier molecular flexibility index (Phi) is 4.69. The highest BCUT2D eigenvalue weighted by atomic mass is 16.5. The minimum atomic E-state index is 0.0444. The van der Waals surface area contributed by atoms with Gasteiger partial charge in [-0.1, -0.05) is 0 Å². The number of aromatic nitrogens is 2. The van der Waals surface area contributed by atoms with E-state index in [1.54, 1.807) is 18.1 Å². The summed E-state index contributed by atoms with van der Waals surface area (Å²) in [7, 11) is 5.59. The van der Waals surface area contributed by atoms with Crippen molar-refractivity contribution < 1.29 is 9.15 Å². The summed E-state index contributed by atoms with van der Waals surface area (Å²) in [5.74, 6) is 1.70. The third kappa shape index (κ3) is 2.96. The van der Waals surface area contributed by atoms with Gasteiger partial charge in [-0.3, -0.25) is 4.90 Å². The Morgan fingerprint density at radius 3 is 2.71 bits per heavy atom. The van der Waals surface area contributed by atoms with Crippen LogP contribution in [-0.4, -0.2) is 35.4 Å². The Bertz CT molecular complexity index is 603. The molecule has 2 aromatic rings. The minimum absolute atomic E-state index is 0.0444. The summed E-state index contributed by atoms with van der Waals surface area (Å²) in [5.41, 5.74) is 9.17. The van der Waals surface area contributed by atoms with Crippen LogP contribution >= 0.6 is 0 Å². The molecule has 2 aromatic heterocycles. The second kappa shape index (κ2) is 6.32. The number of rotatable bonds is 6. The first-order valence-corrected chi connectivity index (χ1v) is 7.00. The van der Waals surface area contributed by atoms with Gasteiger partial charge in [0.15, 0.2) is 0 Å². The van der Waals surface area contributed by atoms with Crippen molar-refractivity contribution in [3.8, 4) is 5.88 Å². The third-order valence-corrected chi connectivity index (χ3v) is 3.88. The summed E-state index contributed by atoms with van der Waals surface area (Å²) < 4.78 is 12.6. The molecule has 1 unspecified atom stereocenters. The minimum Gasteiger partial charge on any atom is -0.481 e. The molecule has 116 valence electrons. The monoisotopic (exact) mass is 292 g/mol. The molecular formula is C15H24N4O2. The zero-order chi connectivity index (χ0) is 15.6. The largest absolute Gasteiger partial charge is 0.481 e. The van der Waals surface area contributed by atoms with E-state index in [0.29, 0.717) is 6.54 Å². The van der Waals surface area contributed by atoms with Crippen LogP contribution in [0.25, 0.3) is 0 Å². The molecule has 0 spiro atoms. The first kappa shape index (κ1) is 15.6. The van der Waals surface area contributed by atoms with Crippen LogP contribution in [0.1, 0.15) is 28.6 Å². The van der Waals surface area contributed by atoms with Gasteiger partial charge in [-0.05, 0) is 27.0 Å². The van der Waals surface area contributed by atoms with E-state index in [1.165, 1.54) is 0 Å². The first-order valence-electron chi connectivity index (χ1n) is 7.00. The second-order valence-corrected chi connectivity index (χ2v) is 5.30. The van der Waals surface area contributed by atoms with Gasteiger partial charge >= 0.3 is 0 Å². The predicted molar refractivity (Wildman–Crippen MR) is 81.2 cm³/mol. The maximum Gasteiger partial charge on any atom is 0.216 e. The van der Waals surface area contributed by atoms with Gasteiger partial charge in [-0.2, -0.15) is 5.10 Å². The average Bonchev–Trinajstić information content (AvgIpc) is 2.95. The lowest BCUT2D eigenvalue weighted by molar-refractivity contribution is 0.233. The maximum absolute atomic E-state index is 6.02. The lowest BCUT2D eigenvalue weighted by Gasteiger charge is -2.27. The van der Waals surface area contributed by atoms with Crippen LogP contribution in [0.15, 0.2) is 16.7 Å². The van der Waals surface area contributed by atoms with E-state index >= 15 is 0 Å². The molecule has 2 heterocycles. The topological polar surface area (TPSA) is 69.5 Å². The quantitative estimate of drug-likeness (QED) is 0.878. The summed E-state index contributed by atoms with van der Waals surface area (Å²) >= 11 is 0. The average molecular weight is 292 g/mol. The number of nitrogens with zero attached hydrogens (tertiary/aromatic N) is 3. The SMILES string of the molecule is COc1c(C(CN)N(C)Cc2ccoc2C)c(C)nn1C. The van der Waals surface area contributed by atoms with Crippen LogP contribution in [-0.2, 0) is 13.6 Å². The fourth-order valence-corrected chi connectivity index (χ4v) is 2.75. The lowest BCUT2D eigenvalue weighted by Crippen LogP contribution is -2.30. The van der Waals surface area contributed by atoms with Crippen molar-refractivity contribution in [2.45, 2.75) is 26.4 Å². The number of nitrogens with two attached hydrogens (primary N) is 1. The molecule has 0 aliphatic rings. The number of aryl methyl sites for hydroxylation is 3. The molecule has 21 heavy (non-hydrogen) atoms. The van der Waals surface area contributed by atoms with E-state index in [-0.39, 0.29) is 6.04 Å². The van der Waals surface area contributed by atoms with Crippen LogP contribution in [0.2, 0.25) is 0 Å². The molecule has 0 amide bonds. The number of methoxy groups -OCH3 is 1. The molecule has 6 heteroatoms. The molecule has 0 saturated heterocycles. The Balaban J connectivity index is 2.29. The highest BCUT2D eigenvalue weighted by Crippen LogP contribution is 2.31. The Labute approximate surface area is 125 Å². The maximum atomic E-state index is 6.02. The van der Waals surface area contributed by atoms with Gasteiger partial charge in [0, 0.05) is 25.7 Å². The normalized spacial score (nSPS) is 12.9. The fourth-order valence-electron chi connectivity index (χ4n) is 2.75. The van der Waals surface area contributed by atoms with Crippen molar-refractivity contribution in [3.63, 3.8) is 0 Å². The lowest BCUT2D eigenvalue weighted by atomic mass is 10.1. The molecule has 0 saturated carbocycles. The summed E-state index contributed by atoms with van der Waals surface area (Å²) in [4.78, 5) is 2.20. The van der Waals surface area contributed by atoms with E-state index in [1.807, 2.05) is 27.0 Å². The smallest absolute Gasteiger partial charge is 0.216 e. The van der Waals surface area contributed by atoms with E-state index in [9.17, 15) is 0 Å².